The second kappa shape index (κ2) is 12.6. The summed E-state index contributed by atoms with van der Waals surface area (Å²) in [6.45, 7) is 2.12. The van der Waals surface area contributed by atoms with Gasteiger partial charge in [0, 0.05) is 17.9 Å². The van der Waals surface area contributed by atoms with Crippen LogP contribution in [0.4, 0.5) is 5.69 Å². The lowest BCUT2D eigenvalue weighted by Gasteiger charge is -2.18. The first-order valence-corrected chi connectivity index (χ1v) is 12.4. The first-order chi connectivity index (χ1) is 18.9. The highest BCUT2D eigenvalue weighted by atomic mass is 16.5. The quantitative estimate of drug-likeness (QED) is 0.313. The summed E-state index contributed by atoms with van der Waals surface area (Å²) < 4.78 is 15.8. The second-order valence-electron chi connectivity index (χ2n) is 8.79. The average Bonchev–Trinajstić information content (AvgIpc) is 3.21. The molecule has 8 heteroatoms. The minimum absolute atomic E-state index is 0.112. The van der Waals surface area contributed by atoms with Crippen molar-refractivity contribution in [2.45, 2.75) is 13.3 Å². The number of hydrogen-bond donors (Lipinski definition) is 1. The molecule has 1 aliphatic heterocycles. The Morgan fingerprint density at radius 1 is 0.897 bits per heavy atom. The number of carbonyl (C=O) groups excluding carboxylic acids is 3. The van der Waals surface area contributed by atoms with E-state index in [4.69, 9.17) is 14.2 Å². The predicted molar refractivity (Wildman–Crippen MR) is 148 cm³/mol. The molecule has 0 aromatic heterocycles. The summed E-state index contributed by atoms with van der Waals surface area (Å²) in [7, 11) is 2.85. The third-order valence-electron chi connectivity index (χ3n) is 6.26. The molecule has 0 atom stereocenters. The van der Waals surface area contributed by atoms with Crippen molar-refractivity contribution in [3.63, 3.8) is 0 Å². The fraction of sp³-hybridized carbons (Fsp3) is 0.194. The first kappa shape index (κ1) is 27.2. The van der Waals surface area contributed by atoms with Crippen molar-refractivity contribution < 1.29 is 28.6 Å². The van der Waals surface area contributed by atoms with Gasteiger partial charge in [0.25, 0.3) is 11.8 Å². The molecule has 0 spiro atoms. The van der Waals surface area contributed by atoms with Crippen molar-refractivity contribution in [3.8, 4) is 11.5 Å². The smallest absolute Gasteiger partial charge is 0.340 e. The van der Waals surface area contributed by atoms with Crippen LogP contribution in [0, 0.1) is 0 Å². The zero-order chi connectivity index (χ0) is 27.8. The molecular formula is C31H30N2O6. The summed E-state index contributed by atoms with van der Waals surface area (Å²) in [6.07, 6.45) is 2.38. The summed E-state index contributed by atoms with van der Waals surface area (Å²) in [5, 5.41) is 2.84. The van der Waals surface area contributed by atoms with Gasteiger partial charge < -0.3 is 19.5 Å². The number of nitrogens with zero attached hydrogens (tertiary/aromatic N) is 1. The number of nitrogens with one attached hydrogen (secondary N) is 1. The summed E-state index contributed by atoms with van der Waals surface area (Å²) in [5.41, 5.74) is 3.34. The minimum atomic E-state index is -0.596. The molecule has 1 N–H and O–H groups in total. The fourth-order valence-electron chi connectivity index (χ4n) is 4.24. The summed E-state index contributed by atoms with van der Waals surface area (Å²) >= 11 is 0. The molecule has 3 aromatic rings. The maximum atomic E-state index is 13.4. The van der Waals surface area contributed by atoms with Gasteiger partial charge in [-0.2, -0.15) is 0 Å². The molecule has 0 saturated carbocycles. The van der Waals surface area contributed by atoms with Crippen molar-refractivity contribution in [2.75, 3.05) is 32.3 Å². The number of rotatable bonds is 10. The fourth-order valence-corrected chi connectivity index (χ4v) is 4.24. The van der Waals surface area contributed by atoms with Crippen LogP contribution in [0.15, 0.2) is 95.7 Å². The minimum Gasteiger partial charge on any atom is -0.497 e. The van der Waals surface area contributed by atoms with Gasteiger partial charge >= 0.3 is 5.97 Å². The monoisotopic (exact) mass is 526 g/mol. The molecule has 200 valence electrons. The van der Waals surface area contributed by atoms with Crippen molar-refractivity contribution in [1.29, 1.82) is 0 Å². The van der Waals surface area contributed by atoms with Crippen LogP contribution in [0.25, 0.3) is 6.08 Å². The summed E-state index contributed by atoms with van der Waals surface area (Å²) in [5.74, 6) is 0.0124. The zero-order valence-corrected chi connectivity index (χ0v) is 22.1. The van der Waals surface area contributed by atoms with Gasteiger partial charge in [0.05, 0.1) is 25.4 Å². The van der Waals surface area contributed by atoms with Crippen LogP contribution in [0.2, 0.25) is 0 Å². The predicted octanol–water partition coefficient (Wildman–Crippen LogP) is 4.31. The number of methoxy groups -OCH3 is 2. The van der Waals surface area contributed by atoms with E-state index in [1.807, 2.05) is 30.3 Å². The molecule has 3 aromatic carbocycles. The SMILES string of the molecule is COC(=O)C1=C(C)N(c2ccc(OC)cc2)C(=O)/C1=C\c1ccc(OCC(=O)NCCc2ccccc2)cc1. The number of ether oxygens (including phenoxy) is 3. The van der Waals surface area contributed by atoms with E-state index in [9.17, 15) is 14.4 Å². The normalized spacial score (nSPS) is 14.0. The lowest BCUT2D eigenvalue weighted by molar-refractivity contribution is -0.136. The van der Waals surface area contributed by atoms with Gasteiger partial charge in [-0.05, 0) is 66.9 Å². The van der Waals surface area contributed by atoms with Crippen LogP contribution in [0.1, 0.15) is 18.1 Å². The lowest BCUT2D eigenvalue weighted by Crippen LogP contribution is -2.30. The van der Waals surface area contributed by atoms with Crippen molar-refractivity contribution >= 4 is 29.5 Å². The third-order valence-corrected chi connectivity index (χ3v) is 6.26. The van der Waals surface area contributed by atoms with Crippen molar-refractivity contribution in [3.05, 3.63) is 107 Å². The van der Waals surface area contributed by atoms with Gasteiger partial charge in [0.2, 0.25) is 0 Å². The molecule has 1 aliphatic rings. The molecule has 0 bridgehead atoms. The third kappa shape index (κ3) is 6.54. The maximum absolute atomic E-state index is 13.4. The molecule has 0 aliphatic carbocycles. The van der Waals surface area contributed by atoms with Crippen LogP contribution in [0.5, 0.6) is 11.5 Å². The van der Waals surface area contributed by atoms with Crippen molar-refractivity contribution in [2.24, 2.45) is 0 Å². The van der Waals surface area contributed by atoms with Gasteiger partial charge in [0.1, 0.15) is 11.5 Å². The highest BCUT2D eigenvalue weighted by molar-refractivity contribution is 6.23. The Hall–Kier alpha value is -4.85. The molecule has 0 unspecified atom stereocenters. The standard InChI is InChI=1S/C31H30N2O6/c1-21-29(31(36)38-3)27(30(35)33(21)24-11-15-25(37-2)16-12-24)19-23-9-13-26(14-10-23)39-20-28(34)32-18-17-22-7-5-4-6-8-22/h4-16,19H,17-18,20H2,1-3H3,(H,32,34)/b27-19-. The van der Waals surface area contributed by atoms with Crippen molar-refractivity contribution in [1.82, 2.24) is 5.32 Å². The van der Waals surface area contributed by atoms with Gasteiger partial charge in [-0.15, -0.1) is 0 Å². The van der Waals surface area contributed by atoms with Gasteiger partial charge in [-0.3, -0.25) is 14.5 Å². The number of amides is 2. The number of carbonyl (C=O) groups is 3. The van der Waals surface area contributed by atoms with Gasteiger partial charge in [-0.25, -0.2) is 4.79 Å². The van der Waals surface area contributed by atoms with Gasteiger partial charge in [0.15, 0.2) is 6.61 Å². The summed E-state index contributed by atoms with van der Waals surface area (Å²) in [4.78, 5) is 39.7. The van der Waals surface area contributed by atoms with E-state index in [1.54, 1.807) is 68.6 Å². The lowest BCUT2D eigenvalue weighted by atomic mass is 10.0. The van der Waals surface area contributed by atoms with Crippen LogP contribution < -0.4 is 19.7 Å². The van der Waals surface area contributed by atoms with Crippen LogP contribution in [-0.2, 0) is 25.5 Å². The Balaban J connectivity index is 1.42. The number of allylic oxidation sites excluding steroid dienone is 1. The second-order valence-corrected chi connectivity index (χ2v) is 8.79. The van der Waals surface area contributed by atoms with E-state index >= 15 is 0 Å². The Bertz CT molecular complexity index is 1390. The average molecular weight is 527 g/mol. The molecule has 0 saturated heterocycles. The van der Waals surface area contributed by atoms with E-state index in [2.05, 4.69) is 5.32 Å². The van der Waals surface area contributed by atoms with Crippen LogP contribution in [-0.4, -0.2) is 45.2 Å². The molecular weight excluding hydrogens is 496 g/mol. The molecule has 4 rings (SSSR count). The Morgan fingerprint density at radius 3 is 2.21 bits per heavy atom. The Morgan fingerprint density at radius 2 is 1.56 bits per heavy atom. The number of hydrogen-bond acceptors (Lipinski definition) is 6. The largest absolute Gasteiger partial charge is 0.497 e. The van der Waals surface area contributed by atoms with Crippen LogP contribution >= 0.6 is 0 Å². The Kier molecular flexibility index (Phi) is 8.78. The Labute approximate surface area is 227 Å². The highest BCUT2D eigenvalue weighted by Gasteiger charge is 2.37. The molecule has 0 fully saturated rings. The number of anilines is 1. The van der Waals surface area contributed by atoms with E-state index in [0.717, 1.165) is 12.0 Å². The van der Waals surface area contributed by atoms with Gasteiger partial charge in [-0.1, -0.05) is 42.5 Å². The molecule has 1 heterocycles. The van der Waals surface area contributed by atoms with E-state index in [1.165, 1.54) is 12.0 Å². The topological polar surface area (TPSA) is 94.2 Å². The highest BCUT2D eigenvalue weighted by Crippen LogP contribution is 2.36. The van der Waals surface area contributed by atoms with E-state index in [-0.39, 0.29) is 29.6 Å². The molecule has 39 heavy (non-hydrogen) atoms. The first-order valence-electron chi connectivity index (χ1n) is 12.4. The number of benzene rings is 3. The van der Waals surface area contributed by atoms with E-state index < -0.39 is 5.97 Å². The maximum Gasteiger partial charge on any atom is 0.340 e. The molecule has 8 nitrogen and oxygen atoms in total. The molecule has 0 radical (unpaired) electrons. The van der Waals surface area contributed by atoms with Crippen LogP contribution in [0.3, 0.4) is 0 Å². The number of esters is 1. The summed E-state index contributed by atoms with van der Waals surface area (Å²) in [6, 6.07) is 23.8. The molecule has 2 amide bonds. The van der Waals surface area contributed by atoms with E-state index in [0.29, 0.717) is 35.0 Å². The zero-order valence-electron chi connectivity index (χ0n) is 22.1.